The number of nitrogens with zero attached hydrogens (tertiary/aromatic N) is 2. The molecular formula is C29H35N3O7S. The number of rotatable bonds is 13. The van der Waals surface area contributed by atoms with Gasteiger partial charge >= 0.3 is 0 Å². The molecule has 0 spiro atoms. The molecule has 2 unspecified atom stereocenters. The summed E-state index contributed by atoms with van der Waals surface area (Å²) in [6, 6.07) is 18.5. The van der Waals surface area contributed by atoms with Gasteiger partial charge in [0.25, 0.3) is 11.6 Å². The van der Waals surface area contributed by atoms with E-state index in [1.807, 2.05) is 44.2 Å². The number of amides is 1. The van der Waals surface area contributed by atoms with E-state index in [0.717, 1.165) is 5.56 Å². The lowest BCUT2D eigenvalue weighted by molar-refractivity contribution is -0.385. The van der Waals surface area contributed by atoms with E-state index < -0.39 is 33.0 Å². The third-order valence-corrected chi connectivity index (χ3v) is 8.33. The number of carbonyl (C=O) groups is 1. The Kier molecular flexibility index (Phi) is 10.4. The minimum atomic E-state index is -3.99. The van der Waals surface area contributed by atoms with Crippen LogP contribution in [0.2, 0.25) is 0 Å². The molecule has 3 rings (SSSR count). The Morgan fingerprint density at radius 3 is 2.25 bits per heavy atom. The van der Waals surface area contributed by atoms with E-state index >= 15 is 0 Å². The first-order valence-electron chi connectivity index (χ1n) is 12.8. The second-order valence-corrected chi connectivity index (χ2v) is 11.9. The summed E-state index contributed by atoms with van der Waals surface area (Å²) < 4.78 is 33.5. The molecule has 10 nitrogen and oxygen atoms in total. The van der Waals surface area contributed by atoms with Crippen LogP contribution >= 0.6 is 0 Å². The number of aliphatic hydroxyl groups excluding tert-OH is 1. The van der Waals surface area contributed by atoms with Gasteiger partial charge in [0.05, 0.1) is 29.1 Å². The van der Waals surface area contributed by atoms with E-state index in [1.54, 1.807) is 12.1 Å². The number of sulfonamides is 1. The van der Waals surface area contributed by atoms with Gasteiger partial charge in [-0.05, 0) is 55.2 Å². The van der Waals surface area contributed by atoms with Crippen molar-refractivity contribution in [3.63, 3.8) is 0 Å². The normalized spacial score (nSPS) is 13.2. The first-order chi connectivity index (χ1) is 18.9. The van der Waals surface area contributed by atoms with Crippen LogP contribution in [0.1, 0.15) is 35.3 Å². The van der Waals surface area contributed by atoms with E-state index in [2.05, 4.69) is 5.32 Å². The SMILES string of the molecule is COc1ccc(S(=O)(=O)N(CC(C)C)CC(O)C(Cc2ccccc2)NC(=O)c2cccc([N+](=O)[O-])c2C)cc1. The molecule has 2 atom stereocenters. The third-order valence-electron chi connectivity index (χ3n) is 6.48. The van der Waals surface area contributed by atoms with Crippen LogP contribution < -0.4 is 10.1 Å². The molecule has 40 heavy (non-hydrogen) atoms. The number of nitro groups is 1. The van der Waals surface area contributed by atoms with Crippen molar-refractivity contribution in [2.24, 2.45) is 5.92 Å². The summed E-state index contributed by atoms with van der Waals surface area (Å²) in [6.07, 6.45) is -1.09. The molecule has 0 saturated carbocycles. The molecule has 0 radical (unpaired) electrons. The Morgan fingerprint density at radius 1 is 1.02 bits per heavy atom. The van der Waals surface area contributed by atoms with Crippen molar-refractivity contribution < 1.29 is 28.0 Å². The highest BCUT2D eigenvalue weighted by Crippen LogP contribution is 2.23. The summed E-state index contributed by atoms with van der Waals surface area (Å²) in [5.74, 6) is -0.138. The first kappa shape index (κ1) is 30.7. The Labute approximate surface area is 234 Å². The summed E-state index contributed by atoms with van der Waals surface area (Å²) in [7, 11) is -2.51. The summed E-state index contributed by atoms with van der Waals surface area (Å²) in [4.78, 5) is 24.2. The fraction of sp³-hybridized carbons (Fsp3) is 0.345. The number of ether oxygens (including phenoxy) is 1. The topological polar surface area (TPSA) is 139 Å². The Hall–Kier alpha value is -3.80. The molecule has 0 aliphatic heterocycles. The van der Waals surface area contributed by atoms with Crippen molar-refractivity contribution in [2.45, 2.75) is 44.2 Å². The molecule has 0 aromatic heterocycles. The van der Waals surface area contributed by atoms with Gasteiger partial charge in [0.1, 0.15) is 5.75 Å². The van der Waals surface area contributed by atoms with Crippen LogP contribution in [0.5, 0.6) is 5.75 Å². The molecular weight excluding hydrogens is 534 g/mol. The molecule has 2 N–H and O–H groups in total. The van der Waals surface area contributed by atoms with Gasteiger partial charge in [0.2, 0.25) is 10.0 Å². The minimum absolute atomic E-state index is 0.0464. The Morgan fingerprint density at radius 2 is 1.68 bits per heavy atom. The Bertz CT molecular complexity index is 1410. The van der Waals surface area contributed by atoms with E-state index in [-0.39, 0.29) is 47.1 Å². The smallest absolute Gasteiger partial charge is 0.273 e. The molecule has 0 fully saturated rings. The van der Waals surface area contributed by atoms with Crippen molar-refractivity contribution in [1.82, 2.24) is 9.62 Å². The summed E-state index contributed by atoms with van der Waals surface area (Å²) >= 11 is 0. The average Bonchev–Trinajstić information content (AvgIpc) is 2.92. The number of nitrogens with one attached hydrogen (secondary N) is 1. The third kappa shape index (κ3) is 7.65. The number of hydrogen-bond donors (Lipinski definition) is 2. The van der Waals surface area contributed by atoms with Crippen LogP contribution in [-0.4, -0.2) is 61.0 Å². The quantitative estimate of drug-likeness (QED) is 0.235. The fourth-order valence-electron chi connectivity index (χ4n) is 4.38. The van der Waals surface area contributed by atoms with Crippen LogP contribution in [0.3, 0.4) is 0 Å². The van der Waals surface area contributed by atoms with Crippen LogP contribution in [-0.2, 0) is 16.4 Å². The zero-order chi connectivity index (χ0) is 29.4. The van der Waals surface area contributed by atoms with Gasteiger partial charge in [0, 0.05) is 30.3 Å². The van der Waals surface area contributed by atoms with Gasteiger partial charge in [-0.3, -0.25) is 14.9 Å². The number of aliphatic hydroxyl groups is 1. The summed E-state index contributed by atoms with van der Waals surface area (Å²) in [5, 5.41) is 25.6. The zero-order valence-corrected chi connectivity index (χ0v) is 23.8. The lowest BCUT2D eigenvalue weighted by Gasteiger charge is -2.31. The number of benzene rings is 3. The summed E-state index contributed by atoms with van der Waals surface area (Å²) in [5.41, 5.74) is 0.920. The number of hydrogen-bond acceptors (Lipinski definition) is 7. The van der Waals surface area contributed by atoms with Crippen LogP contribution in [0.25, 0.3) is 0 Å². The van der Waals surface area contributed by atoms with E-state index in [9.17, 15) is 28.4 Å². The molecule has 0 aliphatic rings. The second kappa shape index (κ2) is 13.5. The van der Waals surface area contributed by atoms with Crippen LogP contribution in [0.15, 0.2) is 77.7 Å². The molecule has 214 valence electrons. The highest BCUT2D eigenvalue weighted by Gasteiger charge is 2.32. The number of carbonyl (C=O) groups excluding carboxylic acids is 1. The van der Waals surface area contributed by atoms with Crippen molar-refractivity contribution in [3.8, 4) is 5.75 Å². The number of nitro benzene ring substituents is 1. The molecule has 0 heterocycles. The maximum Gasteiger partial charge on any atom is 0.273 e. The van der Waals surface area contributed by atoms with Crippen molar-refractivity contribution in [3.05, 3.63) is 99.6 Å². The highest BCUT2D eigenvalue weighted by molar-refractivity contribution is 7.89. The van der Waals surface area contributed by atoms with E-state index in [4.69, 9.17) is 4.74 Å². The highest BCUT2D eigenvalue weighted by atomic mass is 32.2. The van der Waals surface area contributed by atoms with Gasteiger partial charge in [-0.15, -0.1) is 0 Å². The van der Waals surface area contributed by atoms with E-state index in [0.29, 0.717) is 5.75 Å². The second-order valence-electron chi connectivity index (χ2n) is 9.94. The Balaban J connectivity index is 1.93. The van der Waals surface area contributed by atoms with Gasteiger partial charge in [0.15, 0.2) is 0 Å². The summed E-state index contributed by atoms with van der Waals surface area (Å²) in [6.45, 7) is 5.09. The van der Waals surface area contributed by atoms with Gasteiger partial charge in [-0.2, -0.15) is 4.31 Å². The monoisotopic (exact) mass is 569 g/mol. The lowest BCUT2D eigenvalue weighted by Crippen LogP contribution is -2.51. The molecule has 3 aromatic carbocycles. The van der Waals surface area contributed by atoms with Gasteiger partial charge in [-0.1, -0.05) is 50.2 Å². The first-order valence-corrected chi connectivity index (χ1v) is 14.3. The minimum Gasteiger partial charge on any atom is -0.497 e. The van der Waals surface area contributed by atoms with Crippen molar-refractivity contribution in [1.29, 1.82) is 0 Å². The lowest BCUT2D eigenvalue weighted by atomic mass is 9.99. The maximum atomic E-state index is 13.6. The average molecular weight is 570 g/mol. The van der Waals surface area contributed by atoms with Crippen molar-refractivity contribution in [2.75, 3.05) is 20.2 Å². The maximum absolute atomic E-state index is 13.6. The molecule has 1 amide bonds. The zero-order valence-electron chi connectivity index (χ0n) is 23.0. The number of methoxy groups -OCH3 is 1. The predicted octanol–water partition coefficient (Wildman–Crippen LogP) is 3.96. The van der Waals surface area contributed by atoms with Crippen molar-refractivity contribution >= 4 is 21.6 Å². The molecule has 3 aromatic rings. The molecule has 0 bridgehead atoms. The molecule has 0 aliphatic carbocycles. The fourth-order valence-corrected chi connectivity index (χ4v) is 6.00. The standard InChI is InChI=1S/C29H35N3O7S/c1-20(2)18-31(40(37,38)24-15-13-23(39-4)14-16-24)19-28(33)26(17-22-9-6-5-7-10-22)30-29(34)25-11-8-12-27(21(25)3)32(35)36/h5-16,20,26,28,33H,17-19H2,1-4H3,(H,30,34). The molecule has 11 heteroatoms. The van der Waals surface area contributed by atoms with Gasteiger partial charge < -0.3 is 15.2 Å². The van der Waals surface area contributed by atoms with Crippen LogP contribution in [0.4, 0.5) is 5.69 Å². The predicted molar refractivity (Wildman–Crippen MR) is 152 cm³/mol. The van der Waals surface area contributed by atoms with Crippen LogP contribution in [0, 0.1) is 23.0 Å². The van der Waals surface area contributed by atoms with E-state index in [1.165, 1.54) is 48.7 Å². The largest absolute Gasteiger partial charge is 0.497 e. The van der Waals surface area contributed by atoms with Gasteiger partial charge in [-0.25, -0.2) is 8.42 Å². The molecule has 0 saturated heterocycles.